The summed E-state index contributed by atoms with van der Waals surface area (Å²) in [7, 11) is -2.37. The molecule has 0 bridgehead atoms. The minimum Gasteiger partial charge on any atom is -0.496 e. The lowest BCUT2D eigenvalue weighted by molar-refractivity contribution is -0.120. The average Bonchev–Trinajstić information content (AvgIpc) is 2.58. The van der Waals surface area contributed by atoms with Crippen molar-refractivity contribution in [1.82, 2.24) is 10.0 Å². The van der Waals surface area contributed by atoms with Crippen molar-refractivity contribution in [3.8, 4) is 5.75 Å². The highest BCUT2D eigenvalue weighted by Crippen LogP contribution is 2.17. The molecule has 0 radical (unpaired) electrons. The maximum atomic E-state index is 13.1. The molecule has 2 aromatic carbocycles. The summed E-state index contributed by atoms with van der Waals surface area (Å²) < 4.78 is 44.9. The summed E-state index contributed by atoms with van der Waals surface area (Å²) >= 11 is 0. The summed E-state index contributed by atoms with van der Waals surface area (Å²) in [5.41, 5.74) is 1.04. The fourth-order valence-corrected chi connectivity index (χ4v) is 3.46. The standard InChI is InChI=1S/C17H19FN2O4S/c1-12-9-14(18)7-8-16(12)25(22,23)20-11-17(21)19-10-13-5-3-4-6-15(13)24-2/h3-9,20H,10-11H2,1-2H3,(H,19,21). The van der Waals surface area contributed by atoms with Gasteiger partial charge in [-0.2, -0.15) is 0 Å². The number of hydrogen-bond acceptors (Lipinski definition) is 4. The predicted molar refractivity (Wildman–Crippen MR) is 91.2 cm³/mol. The van der Waals surface area contributed by atoms with E-state index in [1.54, 1.807) is 12.1 Å². The van der Waals surface area contributed by atoms with Crippen molar-refractivity contribution in [2.75, 3.05) is 13.7 Å². The van der Waals surface area contributed by atoms with E-state index >= 15 is 0 Å². The summed E-state index contributed by atoms with van der Waals surface area (Å²) in [4.78, 5) is 11.8. The monoisotopic (exact) mass is 366 g/mol. The highest BCUT2D eigenvalue weighted by Gasteiger charge is 2.18. The van der Waals surface area contributed by atoms with Gasteiger partial charge in [-0.05, 0) is 36.8 Å². The number of ether oxygens (including phenoxy) is 1. The first-order valence-electron chi connectivity index (χ1n) is 7.48. The van der Waals surface area contributed by atoms with Crippen LogP contribution in [0.3, 0.4) is 0 Å². The molecule has 2 aromatic rings. The number of halogens is 1. The van der Waals surface area contributed by atoms with E-state index in [9.17, 15) is 17.6 Å². The van der Waals surface area contributed by atoms with Gasteiger partial charge in [0.05, 0.1) is 18.6 Å². The first-order valence-corrected chi connectivity index (χ1v) is 8.96. The molecular formula is C17H19FN2O4S. The minimum absolute atomic E-state index is 0.0635. The topological polar surface area (TPSA) is 84.5 Å². The highest BCUT2D eigenvalue weighted by atomic mass is 32.2. The van der Waals surface area contributed by atoms with Crippen molar-refractivity contribution >= 4 is 15.9 Å². The average molecular weight is 366 g/mol. The lowest BCUT2D eigenvalue weighted by Crippen LogP contribution is -2.36. The molecule has 0 unspecified atom stereocenters. The summed E-state index contributed by atoms with van der Waals surface area (Å²) in [5.74, 6) is -0.384. The zero-order chi connectivity index (χ0) is 18.4. The fourth-order valence-electron chi connectivity index (χ4n) is 2.26. The Hall–Kier alpha value is -2.45. The number of aryl methyl sites for hydroxylation is 1. The van der Waals surface area contributed by atoms with E-state index in [4.69, 9.17) is 4.74 Å². The van der Waals surface area contributed by atoms with Crippen LogP contribution in [0.1, 0.15) is 11.1 Å². The van der Waals surface area contributed by atoms with E-state index < -0.39 is 28.3 Å². The molecule has 0 fully saturated rings. The Morgan fingerprint density at radius 1 is 1.20 bits per heavy atom. The minimum atomic E-state index is -3.90. The lowest BCUT2D eigenvalue weighted by atomic mass is 10.2. The molecule has 2 N–H and O–H groups in total. The number of hydrogen-bond donors (Lipinski definition) is 2. The van der Waals surface area contributed by atoms with Crippen LogP contribution in [0.5, 0.6) is 5.75 Å². The lowest BCUT2D eigenvalue weighted by Gasteiger charge is -2.11. The number of para-hydroxylation sites is 1. The molecule has 25 heavy (non-hydrogen) atoms. The molecule has 0 aliphatic heterocycles. The van der Waals surface area contributed by atoms with Crippen molar-refractivity contribution < 1.29 is 22.3 Å². The van der Waals surface area contributed by atoms with Gasteiger partial charge in [-0.1, -0.05) is 18.2 Å². The maximum Gasteiger partial charge on any atom is 0.241 e. The van der Waals surface area contributed by atoms with E-state index in [2.05, 4.69) is 10.0 Å². The normalized spacial score (nSPS) is 11.2. The smallest absolute Gasteiger partial charge is 0.241 e. The Bertz CT molecular complexity index is 869. The van der Waals surface area contributed by atoms with Gasteiger partial charge in [0, 0.05) is 12.1 Å². The van der Waals surface area contributed by atoms with E-state index in [1.165, 1.54) is 20.1 Å². The number of sulfonamides is 1. The molecule has 134 valence electrons. The molecule has 1 amide bonds. The van der Waals surface area contributed by atoms with Crippen LogP contribution in [0.15, 0.2) is 47.4 Å². The molecule has 6 nitrogen and oxygen atoms in total. The van der Waals surface area contributed by atoms with Crippen molar-refractivity contribution in [2.24, 2.45) is 0 Å². The van der Waals surface area contributed by atoms with Gasteiger partial charge >= 0.3 is 0 Å². The second-order valence-corrected chi connectivity index (χ2v) is 7.06. The van der Waals surface area contributed by atoms with Crippen molar-refractivity contribution in [3.63, 3.8) is 0 Å². The van der Waals surface area contributed by atoms with Gasteiger partial charge in [0.25, 0.3) is 0 Å². The molecule has 0 atom stereocenters. The third-order valence-electron chi connectivity index (χ3n) is 3.52. The number of benzene rings is 2. The molecule has 0 spiro atoms. The zero-order valence-electron chi connectivity index (χ0n) is 13.9. The van der Waals surface area contributed by atoms with Gasteiger partial charge in [-0.3, -0.25) is 4.79 Å². The van der Waals surface area contributed by atoms with Gasteiger partial charge in [0.15, 0.2) is 0 Å². The predicted octanol–water partition coefficient (Wildman–Crippen LogP) is 1.74. The Morgan fingerprint density at radius 3 is 2.60 bits per heavy atom. The van der Waals surface area contributed by atoms with E-state index in [0.717, 1.165) is 17.7 Å². The Labute approximate surface area is 146 Å². The molecule has 0 aliphatic carbocycles. The SMILES string of the molecule is COc1ccccc1CNC(=O)CNS(=O)(=O)c1ccc(F)cc1C. The summed E-state index contributed by atoms with van der Waals surface area (Å²) in [6, 6.07) is 10.5. The van der Waals surface area contributed by atoms with Crippen LogP contribution in [0, 0.1) is 12.7 Å². The number of amides is 1. The zero-order valence-corrected chi connectivity index (χ0v) is 14.7. The summed E-state index contributed by atoms with van der Waals surface area (Å²) in [5, 5.41) is 2.62. The highest BCUT2D eigenvalue weighted by molar-refractivity contribution is 7.89. The summed E-state index contributed by atoms with van der Waals surface area (Å²) in [6.45, 7) is 1.27. The molecule has 8 heteroatoms. The van der Waals surface area contributed by atoms with Crippen molar-refractivity contribution in [3.05, 3.63) is 59.4 Å². The summed E-state index contributed by atoms with van der Waals surface area (Å²) in [6.07, 6.45) is 0. The van der Waals surface area contributed by atoms with Crippen LogP contribution in [0.4, 0.5) is 4.39 Å². The fraction of sp³-hybridized carbons (Fsp3) is 0.235. The van der Waals surface area contributed by atoms with Gasteiger partial charge < -0.3 is 10.1 Å². The number of methoxy groups -OCH3 is 1. The molecule has 0 aliphatic rings. The van der Waals surface area contributed by atoms with Gasteiger partial charge in [0.1, 0.15) is 11.6 Å². The first-order chi connectivity index (χ1) is 11.8. The molecule has 0 heterocycles. The number of carbonyl (C=O) groups is 1. The van der Waals surface area contributed by atoms with Gasteiger partial charge in [0.2, 0.25) is 15.9 Å². The Balaban J connectivity index is 1.95. The van der Waals surface area contributed by atoms with E-state index in [1.807, 2.05) is 12.1 Å². The van der Waals surface area contributed by atoms with Crippen LogP contribution in [0.2, 0.25) is 0 Å². The third-order valence-corrected chi connectivity index (χ3v) is 5.08. The molecular weight excluding hydrogens is 347 g/mol. The number of carbonyl (C=O) groups excluding carboxylic acids is 1. The van der Waals surface area contributed by atoms with Crippen LogP contribution in [0.25, 0.3) is 0 Å². The van der Waals surface area contributed by atoms with Crippen molar-refractivity contribution in [2.45, 2.75) is 18.4 Å². The van der Waals surface area contributed by atoms with Crippen LogP contribution >= 0.6 is 0 Å². The van der Waals surface area contributed by atoms with E-state index in [-0.39, 0.29) is 17.0 Å². The van der Waals surface area contributed by atoms with E-state index in [0.29, 0.717) is 5.75 Å². The Morgan fingerprint density at radius 2 is 1.92 bits per heavy atom. The molecule has 0 saturated heterocycles. The first kappa shape index (κ1) is 18.9. The third kappa shape index (κ3) is 5.01. The number of nitrogens with one attached hydrogen (secondary N) is 2. The van der Waals surface area contributed by atoms with Crippen molar-refractivity contribution in [1.29, 1.82) is 0 Å². The Kier molecular flexibility index (Phi) is 6.11. The van der Waals surface area contributed by atoms with Crippen LogP contribution in [-0.2, 0) is 21.4 Å². The molecule has 2 rings (SSSR count). The van der Waals surface area contributed by atoms with Crippen LogP contribution < -0.4 is 14.8 Å². The maximum absolute atomic E-state index is 13.1. The quantitative estimate of drug-likeness (QED) is 0.782. The molecule has 0 saturated carbocycles. The van der Waals surface area contributed by atoms with Gasteiger partial charge in [-0.25, -0.2) is 17.5 Å². The largest absolute Gasteiger partial charge is 0.496 e. The van der Waals surface area contributed by atoms with Crippen LogP contribution in [-0.4, -0.2) is 28.0 Å². The second-order valence-electron chi connectivity index (χ2n) is 5.32. The van der Waals surface area contributed by atoms with Gasteiger partial charge in [-0.15, -0.1) is 0 Å². The number of rotatable bonds is 7. The molecule has 0 aromatic heterocycles. The second kappa shape index (κ2) is 8.09.